The summed E-state index contributed by atoms with van der Waals surface area (Å²) >= 11 is 8.76. The third-order valence-electron chi connectivity index (χ3n) is 3.77. The Morgan fingerprint density at radius 1 is 1.26 bits per heavy atom. The summed E-state index contributed by atoms with van der Waals surface area (Å²) in [6.45, 7) is 0. The predicted molar refractivity (Wildman–Crippen MR) is 97.9 cm³/mol. The molecule has 0 spiro atoms. The molecule has 3 nitrogen and oxygen atoms in total. The maximum atomic E-state index is 14.2. The third-order valence-corrected chi connectivity index (χ3v) is 4.69. The van der Waals surface area contributed by atoms with Crippen LogP contribution in [-0.2, 0) is 0 Å². The predicted octanol–water partition coefficient (Wildman–Crippen LogP) is 4.24. The molecule has 0 bridgehead atoms. The van der Waals surface area contributed by atoms with Gasteiger partial charge in [0, 0.05) is 23.5 Å². The highest BCUT2D eigenvalue weighted by molar-refractivity contribution is 9.10. The first-order valence-electron chi connectivity index (χ1n) is 7.19. The van der Waals surface area contributed by atoms with Gasteiger partial charge in [-0.25, -0.2) is 9.40 Å². The number of thiocarbonyl (C=S) groups is 1. The molecule has 6 heteroatoms. The molecule has 1 atom stereocenters. The van der Waals surface area contributed by atoms with Gasteiger partial charge in [0.05, 0.1) is 11.8 Å². The third kappa shape index (κ3) is 3.28. The Morgan fingerprint density at radius 2 is 1.96 bits per heavy atom. The fourth-order valence-electron chi connectivity index (χ4n) is 2.62. The molecule has 1 aliphatic rings. The van der Waals surface area contributed by atoms with E-state index in [9.17, 15) is 4.39 Å². The summed E-state index contributed by atoms with van der Waals surface area (Å²) in [5, 5.41) is 9.71. The van der Waals surface area contributed by atoms with Crippen molar-refractivity contribution < 1.29 is 4.39 Å². The van der Waals surface area contributed by atoms with Gasteiger partial charge >= 0.3 is 0 Å². The van der Waals surface area contributed by atoms with Crippen LogP contribution in [0.1, 0.15) is 23.6 Å². The molecule has 1 aliphatic heterocycles. The smallest absolute Gasteiger partial charge is 0.189 e. The summed E-state index contributed by atoms with van der Waals surface area (Å²) in [4.78, 5) is 0. The van der Waals surface area contributed by atoms with Gasteiger partial charge in [0.2, 0.25) is 0 Å². The van der Waals surface area contributed by atoms with Crippen LogP contribution in [0.2, 0.25) is 0 Å². The van der Waals surface area contributed by atoms with Gasteiger partial charge in [-0.05, 0) is 36.0 Å². The van der Waals surface area contributed by atoms with E-state index in [0.717, 1.165) is 15.7 Å². The van der Waals surface area contributed by atoms with E-state index in [0.29, 0.717) is 17.1 Å². The molecule has 0 saturated carbocycles. The summed E-state index contributed by atoms with van der Waals surface area (Å²) in [6, 6.07) is 14.4. The van der Waals surface area contributed by atoms with Crippen LogP contribution in [0.4, 0.5) is 4.39 Å². The Hall–Kier alpha value is -1.79. The molecule has 118 valence electrons. The van der Waals surface area contributed by atoms with Crippen molar-refractivity contribution in [1.29, 1.82) is 0 Å². The highest BCUT2D eigenvalue weighted by atomic mass is 79.9. The van der Waals surface area contributed by atoms with E-state index < -0.39 is 0 Å². The Morgan fingerprint density at radius 3 is 2.61 bits per heavy atom. The van der Waals surface area contributed by atoms with Gasteiger partial charge in [0.15, 0.2) is 5.11 Å². The number of benzene rings is 2. The number of hydrogen-bond donors (Lipinski definition) is 1. The summed E-state index contributed by atoms with van der Waals surface area (Å²) in [5.41, 5.74) is 2.50. The quantitative estimate of drug-likeness (QED) is 0.775. The summed E-state index contributed by atoms with van der Waals surface area (Å²) in [6.07, 6.45) is 0.602. The second kappa shape index (κ2) is 6.76. The number of halogens is 2. The van der Waals surface area contributed by atoms with E-state index in [-0.39, 0.29) is 11.9 Å². The molecule has 0 amide bonds. The first kappa shape index (κ1) is 16.1. The minimum absolute atomic E-state index is 0.241. The fraction of sp³-hybridized carbons (Fsp3) is 0.176. The van der Waals surface area contributed by atoms with Crippen molar-refractivity contribution in [2.45, 2.75) is 12.5 Å². The van der Waals surface area contributed by atoms with Gasteiger partial charge in [-0.3, -0.25) is 0 Å². The Labute approximate surface area is 148 Å². The lowest BCUT2D eigenvalue weighted by Crippen LogP contribution is -2.34. The highest BCUT2D eigenvalue weighted by Crippen LogP contribution is 2.34. The summed E-state index contributed by atoms with van der Waals surface area (Å²) < 4.78 is 15.2. The van der Waals surface area contributed by atoms with Gasteiger partial charge in [0.1, 0.15) is 5.82 Å². The number of hydrazone groups is 1. The van der Waals surface area contributed by atoms with Crippen LogP contribution in [0.15, 0.2) is 58.1 Å². The van der Waals surface area contributed by atoms with Crippen LogP contribution in [0.25, 0.3) is 0 Å². The average molecular weight is 392 g/mol. The number of hydrogen-bond acceptors (Lipinski definition) is 2. The van der Waals surface area contributed by atoms with Crippen molar-refractivity contribution in [3.05, 3.63) is 69.9 Å². The minimum atomic E-state index is -0.242. The molecule has 0 radical (unpaired) electrons. The monoisotopic (exact) mass is 391 g/mol. The maximum absolute atomic E-state index is 14.2. The maximum Gasteiger partial charge on any atom is 0.189 e. The largest absolute Gasteiger partial charge is 0.364 e. The molecule has 2 aromatic carbocycles. The number of nitrogens with zero attached hydrogens (tertiary/aromatic N) is 2. The zero-order valence-corrected chi connectivity index (χ0v) is 14.9. The highest BCUT2D eigenvalue weighted by Gasteiger charge is 2.32. The second-order valence-corrected chi connectivity index (χ2v) is 6.50. The zero-order valence-electron chi connectivity index (χ0n) is 12.5. The van der Waals surface area contributed by atoms with E-state index in [2.05, 4.69) is 26.3 Å². The Kier molecular flexibility index (Phi) is 4.73. The molecule has 0 saturated heterocycles. The number of nitrogens with one attached hydrogen (secondary N) is 1. The first-order valence-corrected chi connectivity index (χ1v) is 8.39. The molecule has 0 aliphatic carbocycles. The van der Waals surface area contributed by atoms with Crippen LogP contribution in [0, 0.1) is 5.82 Å². The fourth-order valence-corrected chi connectivity index (χ4v) is 3.05. The Balaban J connectivity index is 1.97. The first-order chi connectivity index (χ1) is 11.1. The van der Waals surface area contributed by atoms with Gasteiger partial charge in [0.25, 0.3) is 0 Å². The van der Waals surface area contributed by atoms with Crippen molar-refractivity contribution in [2.24, 2.45) is 5.10 Å². The van der Waals surface area contributed by atoms with Crippen LogP contribution >= 0.6 is 28.1 Å². The molecule has 1 N–H and O–H groups in total. The standard InChI is InChI=1S/C17H15BrFN3S/c1-20-17(23)22-16(13-4-2-3-5-14(13)19)10-15(21-22)11-6-8-12(18)9-7-11/h2-9,16H,10H2,1H3,(H,20,23). The van der Waals surface area contributed by atoms with Crippen molar-refractivity contribution in [3.63, 3.8) is 0 Å². The minimum Gasteiger partial charge on any atom is -0.364 e. The van der Waals surface area contributed by atoms with Gasteiger partial charge in [-0.1, -0.05) is 46.3 Å². The van der Waals surface area contributed by atoms with Crippen molar-refractivity contribution in [2.75, 3.05) is 7.05 Å². The molecule has 1 heterocycles. The lowest BCUT2D eigenvalue weighted by atomic mass is 9.98. The van der Waals surface area contributed by atoms with E-state index in [4.69, 9.17) is 12.2 Å². The zero-order chi connectivity index (χ0) is 16.4. The molecule has 3 rings (SSSR count). The Bertz CT molecular complexity index is 761. The van der Waals surface area contributed by atoms with Crippen LogP contribution in [-0.4, -0.2) is 22.9 Å². The average Bonchev–Trinajstić information content (AvgIpc) is 3.00. The molecule has 23 heavy (non-hydrogen) atoms. The van der Waals surface area contributed by atoms with Gasteiger partial charge < -0.3 is 5.32 Å². The van der Waals surface area contributed by atoms with E-state index in [1.54, 1.807) is 24.2 Å². The normalized spacial score (nSPS) is 17.1. The van der Waals surface area contributed by atoms with Gasteiger partial charge in [-0.2, -0.15) is 5.10 Å². The number of rotatable bonds is 2. The summed E-state index contributed by atoms with van der Waals surface area (Å²) in [7, 11) is 1.74. The summed E-state index contributed by atoms with van der Waals surface area (Å²) in [5.74, 6) is -0.242. The molecule has 1 unspecified atom stereocenters. The molecular weight excluding hydrogens is 377 g/mol. The lowest BCUT2D eigenvalue weighted by molar-refractivity contribution is 0.356. The van der Waals surface area contributed by atoms with E-state index >= 15 is 0 Å². The van der Waals surface area contributed by atoms with Crippen LogP contribution in [0.5, 0.6) is 0 Å². The second-order valence-electron chi connectivity index (χ2n) is 5.19. The molecular formula is C17H15BrFN3S. The van der Waals surface area contributed by atoms with E-state index in [1.807, 2.05) is 30.3 Å². The lowest BCUT2D eigenvalue weighted by Gasteiger charge is -2.24. The topological polar surface area (TPSA) is 27.6 Å². The molecule has 2 aromatic rings. The van der Waals surface area contributed by atoms with Crippen LogP contribution in [0.3, 0.4) is 0 Å². The molecule has 0 fully saturated rings. The van der Waals surface area contributed by atoms with Gasteiger partial charge in [-0.15, -0.1) is 0 Å². The molecule has 0 aromatic heterocycles. The van der Waals surface area contributed by atoms with Crippen molar-refractivity contribution in [3.8, 4) is 0 Å². The van der Waals surface area contributed by atoms with Crippen LogP contribution < -0.4 is 5.32 Å². The van der Waals surface area contributed by atoms with Crippen molar-refractivity contribution >= 4 is 39.0 Å². The van der Waals surface area contributed by atoms with E-state index in [1.165, 1.54) is 6.07 Å². The SMILES string of the molecule is CNC(=S)N1N=C(c2ccc(Br)cc2)CC1c1ccccc1F. The van der Waals surface area contributed by atoms with Crippen molar-refractivity contribution in [1.82, 2.24) is 10.3 Å².